The minimum atomic E-state index is -4.97. The molecular formula is C87H170O17P2. The minimum absolute atomic E-state index is 0.107. The van der Waals surface area contributed by atoms with Crippen LogP contribution in [0.2, 0.25) is 0 Å². The van der Waals surface area contributed by atoms with E-state index in [1.54, 1.807) is 0 Å². The molecule has 0 saturated heterocycles. The molecule has 0 fully saturated rings. The van der Waals surface area contributed by atoms with Gasteiger partial charge in [0.05, 0.1) is 26.4 Å². The van der Waals surface area contributed by atoms with Gasteiger partial charge in [0.2, 0.25) is 0 Å². The minimum Gasteiger partial charge on any atom is -0.462 e. The predicted octanol–water partition coefficient (Wildman–Crippen LogP) is 26.6. The molecule has 0 spiro atoms. The molecule has 0 rings (SSSR count). The fourth-order valence-electron chi connectivity index (χ4n) is 13.6. The van der Waals surface area contributed by atoms with E-state index >= 15 is 0 Å². The zero-order chi connectivity index (χ0) is 77.8. The summed E-state index contributed by atoms with van der Waals surface area (Å²) >= 11 is 0. The second-order valence-electron chi connectivity index (χ2n) is 32.2. The van der Waals surface area contributed by atoms with Crippen molar-refractivity contribution in [1.82, 2.24) is 0 Å². The van der Waals surface area contributed by atoms with E-state index in [0.717, 1.165) is 102 Å². The Kier molecular flexibility index (Phi) is 76.9. The summed E-state index contributed by atoms with van der Waals surface area (Å²) in [6.07, 6.45) is 70.9. The topological polar surface area (TPSA) is 237 Å². The molecule has 0 heterocycles. The van der Waals surface area contributed by atoms with Gasteiger partial charge >= 0.3 is 39.5 Å². The molecule has 0 aromatic carbocycles. The van der Waals surface area contributed by atoms with Crippen LogP contribution in [0.3, 0.4) is 0 Å². The summed E-state index contributed by atoms with van der Waals surface area (Å²) in [4.78, 5) is 73.3. The molecule has 106 heavy (non-hydrogen) atoms. The molecule has 0 aromatic rings. The number of hydrogen-bond acceptors (Lipinski definition) is 15. The van der Waals surface area contributed by atoms with E-state index in [1.807, 2.05) is 0 Å². The second kappa shape index (κ2) is 78.3. The van der Waals surface area contributed by atoms with E-state index in [9.17, 15) is 43.2 Å². The van der Waals surface area contributed by atoms with E-state index in [1.165, 1.54) is 283 Å². The molecule has 0 radical (unpaired) electrons. The van der Waals surface area contributed by atoms with Gasteiger partial charge in [-0.2, -0.15) is 0 Å². The third kappa shape index (κ3) is 80.1. The zero-order valence-electron chi connectivity index (χ0n) is 69.7. The monoisotopic (exact) mass is 1550 g/mol. The van der Waals surface area contributed by atoms with Crippen molar-refractivity contribution < 1.29 is 80.2 Å². The van der Waals surface area contributed by atoms with E-state index in [2.05, 4.69) is 41.5 Å². The average Bonchev–Trinajstić information content (AvgIpc) is 1.09. The van der Waals surface area contributed by atoms with Crippen molar-refractivity contribution in [3.05, 3.63) is 0 Å². The number of ether oxygens (including phenoxy) is 4. The molecule has 17 nitrogen and oxygen atoms in total. The Hall–Kier alpha value is -1.94. The Morgan fingerprint density at radius 3 is 0.642 bits per heavy atom. The smallest absolute Gasteiger partial charge is 0.462 e. The maximum Gasteiger partial charge on any atom is 0.472 e. The summed E-state index contributed by atoms with van der Waals surface area (Å²) < 4.78 is 68.9. The Labute approximate surface area is 651 Å². The van der Waals surface area contributed by atoms with E-state index < -0.39 is 97.5 Å². The number of carbonyl (C=O) groups is 4. The van der Waals surface area contributed by atoms with Crippen molar-refractivity contribution in [3.63, 3.8) is 0 Å². The van der Waals surface area contributed by atoms with Gasteiger partial charge in [-0.15, -0.1) is 0 Å². The number of carbonyl (C=O) groups excluding carboxylic acids is 4. The highest BCUT2D eigenvalue weighted by atomic mass is 31.2. The maximum absolute atomic E-state index is 13.2. The Morgan fingerprint density at radius 1 is 0.255 bits per heavy atom. The average molecular weight is 1550 g/mol. The van der Waals surface area contributed by atoms with Crippen LogP contribution in [0.5, 0.6) is 0 Å². The molecule has 2 unspecified atom stereocenters. The SMILES string of the molecule is CCCCCCCCCCCCCCCCCCCCCCCC(=O)O[C@H](COC(=O)CCCCCCCCCCCCCCCCCCCC)COP(=O)(O)OC[C@@H](O)COP(=O)(O)OC[C@@H](COC(=O)CCCCCCCCCCCC(C)C)OC(=O)CCCCCCCCCCCCCCC(C)C. The van der Waals surface area contributed by atoms with E-state index in [0.29, 0.717) is 25.7 Å². The van der Waals surface area contributed by atoms with Gasteiger partial charge in [0, 0.05) is 25.7 Å². The molecule has 3 N–H and O–H groups in total. The van der Waals surface area contributed by atoms with Crippen molar-refractivity contribution in [2.75, 3.05) is 39.6 Å². The van der Waals surface area contributed by atoms with Crippen LogP contribution in [0.1, 0.15) is 465 Å². The standard InChI is InChI=1S/C87H170O17P2/c1-7-9-11-13-15-17-19-21-23-25-27-28-29-31-33-35-40-46-53-59-65-71-86(91)103-82(75-97-84(89)69-63-57-51-45-39-34-32-30-26-24-22-20-18-16-14-12-10-8-2)77-101-105(93,94)99-73-81(88)74-100-106(95,96)102-78-83(76-98-85(90)70-64-58-52-48-42-44-50-56-62-68-80(5)6)104-87(92)72-66-60-54-47-41-37-36-38-43-49-55-61-67-79(3)4/h79-83,88H,7-78H2,1-6H3,(H,93,94)(H,95,96)/t81-,82-,83-/m1/s1. The molecule has 19 heteroatoms. The molecule has 0 aromatic heterocycles. The normalized spacial score (nSPS) is 13.8. The third-order valence-corrected chi connectivity index (χ3v) is 22.4. The Balaban J connectivity index is 5.25. The highest BCUT2D eigenvalue weighted by Gasteiger charge is 2.30. The lowest BCUT2D eigenvalue weighted by molar-refractivity contribution is -0.161. The molecule has 0 amide bonds. The Morgan fingerprint density at radius 2 is 0.434 bits per heavy atom. The first-order valence-electron chi connectivity index (χ1n) is 45.0. The van der Waals surface area contributed by atoms with E-state index in [-0.39, 0.29) is 25.7 Å². The van der Waals surface area contributed by atoms with Gasteiger partial charge in [0.1, 0.15) is 19.3 Å². The molecule has 0 aliphatic heterocycles. The fraction of sp³-hybridized carbons (Fsp3) is 0.954. The van der Waals surface area contributed by atoms with Crippen LogP contribution in [0.4, 0.5) is 0 Å². The maximum atomic E-state index is 13.2. The van der Waals surface area contributed by atoms with Crippen LogP contribution in [0.25, 0.3) is 0 Å². The second-order valence-corrected chi connectivity index (χ2v) is 35.1. The van der Waals surface area contributed by atoms with Crippen molar-refractivity contribution in [1.29, 1.82) is 0 Å². The van der Waals surface area contributed by atoms with Gasteiger partial charge in [-0.1, -0.05) is 414 Å². The number of rotatable bonds is 86. The number of esters is 4. The van der Waals surface area contributed by atoms with Gasteiger partial charge < -0.3 is 33.8 Å². The van der Waals surface area contributed by atoms with Crippen LogP contribution >= 0.6 is 15.6 Å². The van der Waals surface area contributed by atoms with Crippen LogP contribution in [0.15, 0.2) is 0 Å². The summed E-state index contributed by atoms with van der Waals surface area (Å²) in [6, 6.07) is 0. The summed E-state index contributed by atoms with van der Waals surface area (Å²) in [7, 11) is -9.93. The number of hydrogen-bond donors (Lipinski definition) is 3. The fourth-order valence-corrected chi connectivity index (χ4v) is 15.2. The molecule has 5 atom stereocenters. The quantitative estimate of drug-likeness (QED) is 0.0222. The van der Waals surface area contributed by atoms with Crippen LogP contribution in [0, 0.1) is 11.8 Å². The first-order valence-corrected chi connectivity index (χ1v) is 48.0. The first-order chi connectivity index (χ1) is 51.4. The molecule has 0 bridgehead atoms. The van der Waals surface area contributed by atoms with Crippen LogP contribution in [-0.4, -0.2) is 96.7 Å². The lowest BCUT2D eigenvalue weighted by Gasteiger charge is -2.21. The number of phosphoric acid groups is 2. The summed E-state index contributed by atoms with van der Waals surface area (Å²) in [5.74, 6) is -0.581. The number of aliphatic hydroxyl groups excluding tert-OH is 1. The third-order valence-electron chi connectivity index (χ3n) is 20.5. The molecular weight excluding hydrogens is 1380 g/mol. The highest BCUT2D eigenvalue weighted by Crippen LogP contribution is 2.45. The van der Waals surface area contributed by atoms with Crippen molar-refractivity contribution in [2.45, 2.75) is 484 Å². The Bertz CT molecular complexity index is 2030. The molecule has 630 valence electrons. The van der Waals surface area contributed by atoms with Crippen LogP contribution < -0.4 is 0 Å². The lowest BCUT2D eigenvalue weighted by atomic mass is 10.0. The summed E-state index contributed by atoms with van der Waals surface area (Å²) in [5, 5.41) is 10.7. The highest BCUT2D eigenvalue weighted by molar-refractivity contribution is 7.47. The van der Waals surface area contributed by atoms with Crippen molar-refractivity contribution in [2.24, 2.45) is 11.8 Å². The number of phosphoric ester groups is 2. The van der Waals surface area contributed by atoms with Gasteiger partial charge in [-0.3, -0.25) is 37.3 Å². The van der Waals surface area contributed by atoms with Gasteiger partial charge in [-0.05, 0) is 37.5 Å². The molecule has 0 aliphatic rings. The van der Waals surface area contributed by atoms with Crippen LogP contribution in [-0.2, 0) is 65.4 Å². The number of aliphatic hydroxyl groups is 1. The van der Waals surface area contributed by atoms with E-state index in [4.69, 9.17) is 37.0 Å². The van der Waals surface area contributed by atoms with Gasteiger partial charge in [-0.25, -0.2) is 9.13 Å². The molecule has 0 saturated carbocycles. The number of unbranched alkanes of at least 4 members (excludes halogenated alkanes) is 56. The lowest BCUT2D eigenvalue weighted by Crippen LogP contribution is -2.30. The summed E-state index contributed by atoms with van der Waals surface area (Å²) in [5.41, 5.74) is 0. The van der Waals surface area contributed by atoms with Gasteiger partial charge in [0.15, 0.2) is 12.2 Å². The first kappa shape index (κ1) is 104. The van der Waals surface area contributed by atoms with Crippen molar-refractivity contribution in [3.8, 4) is 0 Å². The molecule has 0 aliphatic carbocycles. The largest absolute Gasteiger partial charge is 0.472 e. The van der Waals surface area contributed by atoms with Gasteiger partial charge in [0.25, 0.3) is 0 Å². The van der Waals surface area contributed by atoms with Crippen molar-refractivity contribution >= 4 is 39.5 Å². The summed E-state index contributed by atoms with van der Waals surface area (Å²) in [6.45, 7) is 9.67. The predicted molar refractivity (Wildman–Crippen MR) is 437 cm³/mol. The zero-order valence-corrected chi connectivity index (χ0v) is 71.5.